The van der Waals surface area contributed by atoms with Gasteiger partial charge in [0.15, 0.2) is 0 Å². The molecule has 0 aromatic rings. The first-order chi connectivity index (χ1) is 11.3. The minimum atomic E-state index is -0.404. The van der Waals surface area contributed by atoms with Crippen molar-refractivity contribution >= 4 is 5.78 Å². The highest BCUT2D eigenvalue weighted by Crippen LogP contribution is 2.66. The van der Waals surface area contributed by atoms with Crippen molar-refractivity contribution in [1.29, 1.82) is 0 Å². The number of Topliss-reactive ketones (excluding diaryl/α,β-unsaturated/α-hetero) is 1. The minimum absolute atomic E-state index is 0.0733. The molecule has 0 aromatic heterocycles. The molecule has 8 atom stereocenters. The Hall–Kier alpha value is -0.670. The van der Waals surface area contributed by atoms with Crippen LogP contribution in [0, 0.1) is 34.5 Å². The Labute approximate surface area is 145 Å². The molecule has 0 heterocycles. The van der Waals surface area contributed by atoms with E-state index in [1.165, 1.54) is 5.57 Å². The lowest BCUT2D eigenvalue weighted by molar-refractivity contribution is -0.130. The van der Waals surface area contributed by atoms with Gasteiger partial charge < -0.3 is 10.2 Å². The molecular weight excluding hydrogens is 300 g/mol. The van der Waals surface area contributed by atoms with Crippen molar-refractivity contribution < 1.29 is 15.0 Å². The SMILES string of the molecule is CC(=O)C1CCC2C3C(O)C=C4C[C@@H](O)CCC4(C)C3CCC12C. The van der Waals surface area contributed by atoms with Gasteiger partial charge in [0.25, 0.3) is 0 Å². The fourth-order valence-corrected chi connectivity index (χ4v) is 7.30. The van der Waals surface area contributed by atoms with E-state index in [0.717, 1.165) is 44.9 Å². The molecule has 0 saturated heterocycles. The number of hydrogen-bond donors (Lipinski definition) is 2. The van der Waals surface area contributed by atoms with Crippen LogP contribution in [0.2, 0.25) is 0 Å². The second-order valence-corrected chi connectivity index (χ2v) is 9.57. The summed E-state index contributed by atoms with van der Waals surface area (Å²) in [6.45, 7) is 6.43. The van der Waals surface area contributed by atoms with Crippen LogP contribution in [0.5, 0.6) is 0 Å². The number of hydrogen-bond acceptors (Lipinski definition) is 3. The van der Waals surface area contributed by atoms with Gasteiger partial charge in [0, 0.05) is 5.92 Å². The van der Waals surface area contributed by atoms with Crippen molar-refractivity contribution in [3.05, 3.63) is 11.6 Å². The lowest BCUT2D eigenvalue weighted by Crippen LogP contribution is -2.55. The van der Waals surface area contributed by atoms with Crippen LogP contribution in [0.3, 0.4) is 0 Å². The van der Waals surface area contributed by atoms with Gasteiger partial charge in [-0.2, -0.15) is 0 Å². The highest BCUT2D eigenvalue weighted by molar-refractivity contribution is 5.79. The van der Waals surface area contributed by atoms with Crippen molar-refractivity contribution in [2.24, 2.45) is 34.5 Å². The summed E-state index contributed by atoms with van der Waals surface area (Å²) in [4.78, 5) is 12.2. The maximum Gasteiger partial charge on any atom is 0.133 e. The van der Waals surface area contributed by atoms with E-state index in [-0.39, 0.29) is 28.8 Å². The summed E-state index contributed by atoms with van der Waals surface area (Å²) in [6.07, 6.45) is 8.39. The Morgan fingerprint density at radius 2 is 1.83 bits per heavy atom. The lowest BCUT2D eigenvalue weighted by Gasteiger charge is -2.59. The normalized spacial score (nSPS) is 53.6. The zero-order valence-corrected chi connectivity index (χ0v) is 15.3. The monoisotopic (exact) mass is 332 g/mol. The molecule has 3 saturated carbocycles. The molecule has 0 aliphatic heterocycles. The second-order valence-electron chi connectivity index (χ2n) is 9.57. The van der Waals surface area contributed by atoms with E-state index in [9.17, 15) is 15.0 Å². The molecule has 4 rings (SSSR count). The van der Waals surface area contributed by atoms with E-state index in [1.54, 1.807) is 6.92 Å². The Bertz CT molecular complexity index is 582. The van der Waals surface area contributed by atoms with Gasteiger partial charge in [-0.15, -0.1) is 0 Å². The average Bonchev–Trinajstić information content (AvgIpc) is 2.86. The molecule has 0 spiro atoms. The topological polar surface area (TPSA) is 57.5 Å². The van der Waals surface area contributed by atoms with Crippen molar-refractivity contribution in [2.75, 3.05) is 0 Å². The Morgan fingerprint density at radius 3 is 2.54 bits per heavy atom. The van der Waals surface area contributed by atoms with E-state index in [0.29, 0.717) is 17.6 Å². The summed E-state index contributed by atoms with van der Waals surface area (Å²) >= 11 is 0. The first kappa shape index (κ1) is 16.8. The molecular formula is C21H32O3. The van der Waals surface area contributed by atoms with Crippen molar-refractivity contribution in [3.63, 3.8) is 0 Å². The zero-order chi connectivity index (χ0) is 17.3. The second kappa shape index (κ2) is 5.41. The molecule has 0 amide bonds. The largest absolute Gasteiger partial charge is 0.393 e. The molecule has 3 fully saturated rings. The molecule has 0 bridgehead atoms. The van der Waals surface area contributed by atoms with Crippen molar-refractivity contribution in [3.8, 4) is 0 Å². The van der Waals surface area contributed by atoms with Gasteiger partial charge in [0.05, 0.1) is 12.2 Å². The third-order valence-corrected chi connectivity index (χ3v) is 8.59. The van der Waals surface area contributed by atoms with E-state index < -0.39 is 6.10 Å². The van der Waals surface area contributed by atoms with Gasteiger partial charge in [-0.05, 0) is 80.5 Å². The Morgan fingerprint density at radius 1 is 1.08 bits per heavy atom. The molecule has 0 aromatic carbocycles. The van der Waals surface area contributed by atoms with Gasteiger partial charge in [-0.1, -0.05) is 25.5 Å². The molecule has 3 heteroatoms. The number of rotatable bonds is 1. The van der Waals surface area contributed by atoms with Crippen LogP contribution in [0.4, 0.5) is 0 Å². The van der Waals surface area contributed by atoms with Crippen LogP contribution in [0.25, 0.3) is 0 Å². The number of carbonyl (C=O) groups is 1. The van der Waals surface area contributed by atoms with Crippen LogP contribution < -0.4 is 0 Å². The third-order valence-electron chi connectivity index (χ3n) is 8.59. The number of aliphatic hydroxyl groups excluding tert-OH is 2. The van der Waals surface area contributed by atoms with Gasteiger partial charge >= 0.3 is 0 Å². The molecule has 2 N–H and O–H groups in total. The standard InChI is InChI=1S/C21H32O3/c1-12(22)15-4-5-16-19-17(7-9-21(15,16)3)20(2)8-6-14(23)10-13(20)11-18(19)24/h11,14-19,23-24H,4-10H2,1-3H3/t14-,15?,16?,17?,18?,19?,20?,21?/m0/s1. The molecule has 4 aliphatic rings. The van der Waals surface area contributed by atoms with Gasteiger partial charge in [0.1, 0.15) is 5.78 Å². The summed E-state index contributed by atoms with van der Waals surface area (Å²) in [6, 6.07) is 0. The van der Waals surface area contributed by atoms with Gasteiger partial charge in [-0.25, -0.2) is 0 Å². The summed E-state index contributed by atoms with van der Waals surface area (Å²) in [5.41, 5.74) is 1.50. The molecule has 24 heavy (non-hydrogen) atoms. The molecule has 134 valence electrons. The van der Waals surface area contributed by atoms with Crippen LogP contribution in [-0.4, -0.2) is 28.2 Å². The number of aliphatic hydroxyl groups is 2. The summed E-state index contributed by atoms with van der Waals surface area (Å²) in [7, 11) is 0. The quantitative estimate of drug-likeness (QED) is 0.723. The maximum absolute atomic E-state index is 12.2. The highest BCUT2D eigenvalue weighted by Gasteiger charge is 2.61. The van der Waals surface area contributed by atoms with E-state index in [2.05, 4.69) is 19.9 Å². The molecule has 3 nitrogen and oxygen atoms in total. The fourth-order valence-electron chi connectivity index (χ4n) is 7.30. The van der Waals surface area contributed by atoms with Crippen LogP contribution in [-0.2, 0) is 4.79 Å². The van der Waals surface area contributed by atoms with Crippen molar-refractivity contribution in [1.82, 2.24) is 0 Å². The van der Waals surface area contributed by atoms with Crippen LogP contribution in [0.1, 0.15) is 65.7 Å². The lowest BCUT2D eigenvalue weighted by atomic mass is 9.46. The number of carbonyl (C=O) groups excluding carboxylic acids is 1. The van der Waals surface area contributed by atoms with E-state index in [4.69, 9.17) is 0 Å². The Balaban J connectivity index is 1.71. The summed E-state index contributed by atoms with van der Waals surface area (Å²) in [5.74, 6) is 1.77. The van der Waals surface area contributed by atoms with E-state index >= 15 is 0 Å². The average molecular weight is 332 g/mol. The Kier molecular flexibility index (Phi) is 3.78. The first-order valence-electron chi connectivity index (χ1n) is 9.85. The predicted octanol–water partition coefficient (Wildman–Crippen LogP) is 3.49. The summed E-state index contributed by atoms with van der Waals surface area (Å²) in [5, 5.41) is 21.1. The highest BCUT2D eigenvalue weighted by atomic mass is 16.3. The summed E-state index contributed by atoms with van der Waals surface area (Å²) < 4.78 is 0. The van der Waals surface area contributed by atoms with E-state index in [1.807, 2.05) is 0 Å². The van der Waals surface area contributed by atoms with Crippen LogP contribution in [0.15, 0.2) is 11.6 Å². The maximum atomic E-state index is 12.2. The number of ketones is 1. The zero-order valence-electron chi connectivity index (χ0n) is 15.3. The molecule has 7 unspecified atom stereocenters. The fraction of sp³-hybridized carbons (Fsp3) is 0.857. The predicted molar refractivity (Wildman–Crippen MR) is 93.3 cm³/mol. The minimum Gasteiger partial charge on any atom is -0.393 e. The van der Waals surface area contributed by atoms with Crippen LogP contribution >= 0.6 is 0 Å². The first-order valence-corrected chi connectivity index (χ1v) is 9.85. The number of fused-ring (bicyclic) bond motifs is 5. The molecule has 0 radical (unpaired) electrons. The third kappa shape index (κ3) is 2.13. The van der Waals surface area contributed by atoms with Gasteiger partial charge in [0.2, 0.25) is 0 Å². The van der Waals surface area contributed by atoms with Gasteiger partial charge in [-0.3, -0.25) is 4.79 Å². The molecule has 4 aliphatic carbocycles. The smallest absolute Gasteiger partial charge is 0.133 e. The van der Waals surface area contributed by atoms with Crippen molar-refractivity contribution in [2.45, 2.75) is 77.9 Å².